The fourth-order valence-corrected chi connectivity index (χ4v) is 4.31. The summed E-state index contributed by atoms with van der Waals surface area (Å²) in [4.78, 5) is 4.02. The predicted molar refractivity (Wildman–Crippen MR) is 166 cm³/mol. The predicted octanol–water partition coefficient (Wildman–Crippen LogP) is 5.15. The standard InChI is InChI=1S/2C15H9F2N2.C6H4N5.Ir/c2*16-12-3-1-5-14(9-12)18-7-8-19(11-18)15-6-2-4-13(17)10-15;1-2-4-7-5(3-1)6-8-10-11-9-6;/h2*1-5,7-10H;1-4H;/q3*-1;. The number of benzene rings is 4. The molecule has 4 heterocycles. The molecule has 0 unspecified atom stereocenters. The fraction of sp³-hybridized carbons (Fsp3) is 0. The van der Waals surface area contributed by atoms with Gasteiger partial charge in [0, 0.05) is 62.7 Å². The molecule has 1 radical (unpaired) electrons. The molecule has 251 valence electrons. The normalized spacial score (nSPS) is 10.2. The molecule has 8 aromatic rings. The van der Waals surface area contributed by atoms with E-state index in [1.165, 1.54) is 60.7 Å². The Hall–Kier alpha value is -6.11. The molecule has 0 bridgehead atoms. The van der Waals surface area contributed by atoms with E-state index in [4.69, 9.17) is 0 Å². The number of aromatic nitrogens is 9. The van der Waals surface area contributed by atoms with Crippen molar-refractivity contribution in [3.63, 3.8) is 0 Å². The Kier molecular flexibility index (Phi) is 11.8. The van der Waals surface area contributed by atoms with Crippen molar-refractivity contribution in [1.82, 2.24) is 34.7 Å². The zero-order valence-electron chi connectivity index (χ0n) is 25.6. The van der Waals surface area contributed by atoms with E-state index in [-0.39, 0.29) is 43.4 Å². The third-order valence-electron chi connectivity index (χ3n) is 6.56. The topological polar surface area (TPSA) is 83.3 Å². The van der Waals surface area contributed by atoms with Crippen molar-refractivity contribution in [2.45, 2.75) is 0 Å². The molecule has 0 saturated carbocycles. The average Bonchev–Trinajstić information content (AvgIpc) is 3.93. The molecule has 4 aromatic heterocycles. The average molecular weight is 849 g/mol. The summed E-state index contributed by atoms with van der Waals surface area (Å²) in [5.41, 5.74) is 3.06. The van der Waals surface area contributed by atoms with Crippen molar-refractivity contribution in [3.8, 4) is 34.3 Å². The van der Waals surface area contributed by atoms with Crippen LogP contribution in [-0.4, -0.2) is 29.6 Å². The molecule has 0 aliphatic carbocycles. The molecule has 0 saturated heterocycles. The van der Waals surface area contributed by atoms with Crippen LogP contribution >= 0.6 is 0 Å². The van der Waals surface area contributed by atoms with Crippen LogP contribution in [0.3, 0.4) is 0 Å². The van der Waals surface area contributed by atoms with Crippen LogP contribution in [0.1, 0.15) is 0 Å². The van der Waals surface area contributed by atoms with E-state index in [9.17, 15) is 17.6 Å². The summed E-state index contributed by atoms with van der Waals surface area (Å²) in [7, 11) is 0. The largest absolute Gasteiger partial charge is 0.329 e. The number of imidazole rings is 2. The Morgan fingerprint density at radius 3 is 1.60 bits per heavy atom. The van der Waals surface area contributed by atoms with Crippen LogP contribution in [0, 0.1) is 48.1 Å². The third-order valence-corrected chi connectivity index (χ3v) is 6.56. The minimum absolute atomic E-state index is 0. The van der Waals surface area contributed by atoms with Gasteiger partial charge in [0.25, 0.3) is 12.7 Å². The number of nitrogens with zero attached hydrogens (tertiary/aromatic N) is 9. The van der Waals surface area contributed by atoms with Crippen LogP contribution in [0.25, 0.3) is 34.3 Å². The van der Waals surface area contributed by atoms with Crippen LogP contribution in [0.15, 0.2) is 134 Å². The van der Waals surface area contributed by atoms with E-state index in [0.717, 1.165) is 0 Å². The van der Waals surface area contributed by atoms with Crippen molar-refractivity contribution >= 4 is 0 Å². The molecule has 0 fully saturated rings. The number of tetrazole rings is 1. The van der Waals surface area contributed by atoms with Gasteiger partial charge in [-0.15, -0.1) is 24.3 Å². The van der Waals surface area contributed by atoms with Gasteiger partial charge in [0.1, 0.15) is 11.6 Å². The summed E-state index contributed by atoms with van der Waals surface area (Å²) in [5.74, 6) is -0.848. The Balaban J connectivity index is 0.000000150. The number of hydrogen-bond donors (Lipinski definition) is 0. The third kappa shape index (κ3) is 9.28. The van der Waals surface area contributed by atoms with Crippen molar-refractivity contribution < 1.29 is 46.8 Å². The van der Waals surface area contributed by atoms with Crippen LogP contribution in [-0.2, 0) is 20.1 Å². The smallest absolute Gasteiger partial charge is 0.267 e. The first-order valence-corrected chi connectivity index (χ1v) is 14.4. The van der Waals surface area contributed by atoms with Gasteiger partial charge in [-0.1, -0.05) is 18.2 Å². The summed E-state index contributed by atoms with van der Waals surface area (Å²) >= 11 is 0. The monoisotopic (exact) mass is 849 g/mol. The molecule has 4 aromatic carbocycles. The van der Waals surface area contributed by atoms with Gasteiger partial charge in [0.2, 0.25) is 0 Å². The minimum Gasteiger partial charge on any atom is -0.329 e. The van der Waals surface area contributed by atoms with E-state index < -0.39 is 0 Å². The summed E-state index contributed by atoms with van der Waals surface area (Å²) in [6.07, 6.45) is 14.5. The molecule has 0 atom stereocenters. The van der Waals surface area contributed by atoms with Gasteiger partial charge >= 0.3 is 0 Å². The number of halogens is 4. The van der Waals surface area contributed by atoms with Gasteiger partial charge in [-0.05, 0) is 59.9 Å². The second-order valence-electron chi connectivity index (χ2n) is 9.94. The number of pyridine rings is 1. The SMILES string of the molecule is Fc1cc[c-]c(-n2[c-][n+](-c3cccc(F)c3)cc2)c1.Fc1cc[c-]c(-n2[c-][n+](-c3cccc(F)c3)cc2)c1.[Ir].c1ccc(-c2nnn[n-]2)nc1. The summed E-state index contributed by atoms with van der Waals surface area (Å²) in [6.45, 7) is 0. The molecule has 8 rings (SSSR count). The van der Waals surface area contributed by atoms with E-state index in [1.807, 2.05) is 12.1 Å². The molecular weight excluding hydrogens is 827 g/mol. The first kappa shape index (κ1) is 35.2. The first-order valence-electron chi connectivity index (χ1n) is 14.4. The van der Waals surface area contributed by atoms with Crippen LogP contribution in [0.2, 0.25) is 0 Å². The quantitative estimate of drug-likeness (QED) is 0.136. The van der Waals surface area contributed by atoms with E-state index in [0.29, 0.717) is 34.3 Å². The van der Waals surface area contributed by atoms with Crippen molar-refractivity contribution in [2.75, 3.05) is 0 Å². The molecule has 14 heteroatoms. The molecule has 0 N–H and O–H groups in total. The molecule has 0 spiro atoms. The maximum absolute atomic E-state index is 13.1. The second-order valence-corrected chi connectivity index (χ2v) is 9.94. The molecule has 0 aliphatic heterocycles. The van der Waals surface area contributed by atoms with Crippen molar-refractivity contribution in [2.24, 2.45) is 0 Å². The van der Waals surface area contributed by atoms with E-state index in [1.54, 1.807) is 79.6 Å². The first-order chi connectivity index (χ1) is 23.9. The molecule has 0 aliphatic rings. The van der Waals surface area contributed by atoms with E-state index >= 15 is 0 Å². The molecule has 0 amide bonds. The summed E-state index contributed by atoms with van der Waals surface area (Å²) in [5, 5.41) is 14.0. The Morgan fingerprint density at radius 1 is 0.620 bits per heavy atom. The van der Waals surface area contributed by atoms with Gasteiger partial charge < -0.3 is 14.2 Å². The van der Waals surface area contributed by atoms with Crippen LogP contribution in [0.5, 0.6) is 0 Å². The Labute approximate surface area is 297 Å². The number of hydrogen-bond acceptors (Lipinski definition) is 4. The Bertz CT molecular complexity index is 2010. The van der Waals surface area contributed by atoms with Gasteiger partial charge in [-0.2, -0.15) is 29.5 Å². The van der Waals surface area contributed by atoms with E-state index in [2.05, 4.69) is 50.4 Å². The van der Waals surface area contributed by atoms with Crippen LogP contribution < -0.4 is 14.2 Å². The second kappa shape index (κ2) is 16.8. The summed E-state index contributed by atoms with van der Waals surface area (Å²) in [6, 6.07) is 32.0. The van der Waals surface area contributed by atoms with Gasteiger partial charge in [-0.3, -0.25) is 24.4 Å². The van der Waals surface area contributed by atoms with Crippen molar-refractivity contribution in [1.29, 1.82) is 0 Å². The summed E-state index contributed by atoms with van der Waals surface area (Å²) < 4.78 is 59.0. The fourth-order valence-electron chi connectivity index (χ4n) is 4.31. The van der Waals surface area contributed by atoms with Gasteiger partial charge in [0.15, 0.2) is 0 Å². The van der Waals surface area contributed by atoms with Crippen LogP contribution in [0.4, 0.5) is 17.6 Å². The maximum Gasteiger partial charge on any atom is 0.267 e. The zero-order valence-corrected chi connectivity index (χ0v) is 28.0. The van der Waals surface area contributed by atoms with Gasteiger partial charge in [0.05, 0.1) is 22.9 Å². The Morgan fingerprint density at radius 2 is 1.16 bits per heavy atom. The molecule has 50 heavy (non-hydrogen) atoms. The number of rotatable bonds is 5. The molecule has 9 nitrogen and oxygen atoms in total. The minimum atomic E-state index is -0.340. The maximum atomic E-state index is 13.1. The van der Waals surface area contributed by atoms with Crippen molar-refractivity contribution in [3.05, 3.63) is 182 Å². The van der Waals surface area contributed by atoms with Gasteiger partial charge in [-0.25, -0.2) is 17.6 Å². The molecular formula is C36H22F4IrN9-3. The zero-order chi connectivity index (χ0) is 34.0.